The molecule has 0 bridgehead atoms. The Balaban J connectivity index is 1.70. The van der Waals surface area contributed by atoms with E-state index in [1.807, 2.05) is 0 Å². The van der Waals surface area contributed by atoms with Crippen LogP contribution in [-0.2, 0) is 4.74 Å². The van der Waals surface area contributed by atoms with E-state index in [0.29, 0.717) is 11.9 Å². The molecule has 0 amide bonds. The van der Waals surface area contributed by atoms with Crippen LogP contribution in [0.25, 0.3) is 0 Å². The molecule has 0 aliphatic carbocycles. The van der Waals surface area contributed by atoms with E-state index in [-0.39, 0.29) is 19.3 Å². The van der Waals surface area contributed by atoms with Gasteiger partial charge in [-0.25, -0.2) is 0 Å². The molecule has 0 radical (unpaired) electrons. The topological polar surface area (TPSA) is 71.0 Å². The number of aliphatic hydroxyl groups excluding tert-OH is 1. The predicted molar refractivity (Wildman–Crippen MR) is 73.0 cm³/mol. The van der Waals surface area contributed by atoms with Gasteiger partial charge in [-0.3, -0.25) is 9.88 Å². The molecule has 2 saturated heterocycles. The van der Waals surface area contributed by atoms with Crippen molar-refractivity contribution in [3.05, 3.63) is 12.4 Å². The standard InChI is InChI=1S/C13H20N4O3/c1-16-2-4-19-11-9-17(8-10(11)16)12-6-14-7-13(15-12)20-5-3-18/h6-7,10-11,18H,2-5,8-9H2,1H3/t10-,11+/m0/s1. The molecule has 7 heteroatoms. The number of aliphatic hydroxyl groups is 1. The lowest BCUT2D eigenvalue weighted by Gasteiger charge is -2.33. The van der Waals surface area contributed by atoms with Gasteiger partial charge in [-0.05, 0) is 7.05 Å². The molecule has 3 heterocycles. The molecule has 2 atom stereocenters. The lowest BCUT2D eigenvalue weighted by Crippen LogP contribution is -2.48. The van der Waals surface area contributed by atoms with Gasteiger partial charge in [-0.1, -0.05) is 0 Å². The van der Waals surface area contributed by atoms with Crippen LogP contribution in [0, 0.1) is 0 Å². The van der Waals surface area contributed by atoms with Gasteiger partial charge in [0.15, 0.2) is 5.82 Å². The molecule has 0 saturated carbocycles. The van der Waals surface area contributed by atoms with Crippen LogP contribution >= 0.6 is 0 Å². The number of hydrogen-bond donors (Lipinski definition) is 1. The van der Waals surface area contributed by atoms with Gasteiger partial charge in [-0.2, -0.15) is 4.98 Å². The highest BCUT2D eigenvalue weighted by molar-refractivity contribution is 5.40. The first-order valence-corrected chi connectivity index (χ1v) is 6.90. The Kier molecular flexibility index (Phi) is 4.00. The number of nitrogens with zero attached hydrogens (tertiary/aromatic N) is 4. The molecule has 2 fully saturated rings. The van der Waals surface area contributed by atoms with E-state index < -0.39 is 0 Å². The molecule has 2 aliphatic rings. The number of anilines is 1. The summed E-state index contributed by atoms with van der Waals surface area (Å²) in [5, 5.41) is 8.77. The third-order valence-electron chi connectivity index (χ3n) is 3.84. The summed E-state index contributed by atoms with van der Waals surface area (Å²) < 4.78 is 11.1. The van der Waals surface area contributed by atoms with Gasteiger partial charge in [0.2, 0.25) is 5.88 Å². The van der Waals surface area contributed by atoms with Crippen molar-refractivity contribution < 1.29 is 14.6 Å². The van der Waals surface area contributed by atoms with E-state index in [0.717, 1.165) is 32.1 Å². The molecular weight excluding hydrogens is 260 g/mol. The molecule has 3 rings (SSSR count). The Morgan fingerprint density at radius 2 is 2.35 bits per heavy atom. The highest BCUT2D eigenvalue weighted by atomic mass is 16.5. The lowest BCUT2D eigenvalue weighted by molar-refractivity contribution is -0.0362. The second-order valence-electron chi connectivity index (χ2n) is 5.15. The summed E-state index contributed by atoms with van der Waals surface area (Å²) in [7, 11) is 2.14. The van der Waals surface area contributed by atoms with E-state index in [4.69, 9.17) is 14.6 Å². The average Bonchev–Trinajstić information content (AvgIpc) is 2.91. The predicted octanol–water partition coefficient (Wildman–Crippen LogP) is -0.633. The minimum Gasteiger partial charge on any atom is -0.474 e. The van der Waals surface area contributed by atoms with E-state index >= 15 is 0 Å². The first-order valence-electron chi connectivity index (χ1n) is 6.90. The molecule has 0 unspecified atom stereocenters. The van der Waals surface area contributed by atoms with Gasteiger partial charge >= 0.3 is 0 Å². The number of fused-ring (bicyclic) bond motifs is 1. The maximum absolute atomic E-state index is 8.77. The third-order valence-corrected chi connectivity index (χ3v) is 3.84. The van der Waals surface area contributed by atoms with Crippen LogP contribution in [0.2, 0.25) is 0 Å². The van der Waals surface area contributed by atoms with E-state index in [9.17, 15) is 0 Å². The van der Waals surface area contributed by atoms with Gasteiger partial charge in [0.05, 0.1) is 37.8 Å². The van der Waals surface area contributed by atoms with Crippen LogP contribution in [0.3, 0.4) is 0 Å². The van der Waals surface area contributed by atoms with Crippen LogP contribution in [-0.4, -0.2) is 78.6 Å². The van der Waals surface area contributed by atoms with Gasteiger partial charge in [0, 0.05) is 19.6 Å². The van der Waals surface area contributed by atoms with Crippen molar-refractivity contribution in [3.8, 4) is 5.88 Å². The fourth-order valence-electron chi connectivity index (χ4n) is 2.76. The van der Waals surface area contributed by atoms with Gasteiger partial charge in [-0.15, -0.1) is 0 Å². The Morgan fingerprint density at radius 3 is 3.15 bits per heavy atom. The fourth-order valence-corrected chi connectivity index (χ4v) is 2.76. The summed E-state index contributed by atoms with van der Waals surface area (Å²) in [5.74, 6) is 1.24. The summed E-state index contributed by atoms with van der Waals surface area (Å²) in [4.78, 5) is 13.1. The Hall–Kier alpha value is -1.44. The second kappa shape index (κ2) is 5.90. The number of rotatable bonds is 4. The Morgan fingerprint density at radius 1 is 1.45 bits per heavy atom. The van der Waals surface area contributed by atoms with Crippen molar-refractivity contribution in [2.45, 2.75) is 12.1 Å². The van der Waals surface area contributed by atoms with Gasteiger partial charge in [0.1, 0.15) is 6.61 Å². The molecule has 0 aromatic carbocycles. The summed E-state index contributed by atoms with van der Waals surface area (Å²) >= 11 is 0. The molecule has 7 nitrogen and oxygen atoms in total. The number of hydrogen-bond acceptors (Lipinski definition) is 7. The molecule has 0 spiro atoms. The summed E-state index contributed by atoms with van der Waals surface area (Å²) in [6.07, 6.45) is 3.53. The van der Waals surface area contributed by atoms with Crippen LogP contribution in [0.4, 0.5) is 5.82 Å². The van der Waals surface area contributed by atoms with Crippen LogP contribution < -0.4 is 9.64 Å². The van der Waals surface area contributed by atoms with Gasteiger partial charge < -0.3 is 19.5 Å². The molecule has 2 aliphatic heterocycles. The minimum atomic E-state index is -0.0294. The van der Waals surface area contributed by atoms with Crippen molar-refractivity contribution in [1.82, 2.24) is 14.9 Å². The normalized spacial score (nSPS) is 26.6. The van der Waals surface area contributed by atoms with Crippen molar-refractivity contribution >= 4 is 5.82 Å². The summed E-state index contributed by atoms with van der Waals surface area (Å²) in [6, 6.07) is 0.410. The maximum atomic E-state index is 8.77. The number of aromatic nitrogens is 2. The Labute approximate surface area is 118 Å². The summed E-state index contributed by atoms with van der Waals surface area (Å²) in [5.41, 5.74) is 0. The quantitative estimate of drug-likeness (QED) is 0.787. The molecule has 1 N–H and O–H groups in total. The van der Waals surface area contributed by atoms with Crippen LogP contribution in [0.5, 0.6) is 5.88 Å². The van der Waals surface area contributed by atoms with Crippen molar-refractivity contribution in [1.29, 1.82) is 0 Å². The van der Waals surface area contributed by atoms with Gasteiger partial charge in [0.25, 0.3) is 0 Å². The minimum absolute atomic E-state index is 0.0294. The smallest absolute Gasteiger partial charge is 0.234 e. The van der Waals surface area contributed by atoms with E-state index in [2.05, 4.69) is 26.8 Å². The number of morpholine rings is 1. The maximum Gasteiger partial charge on any atom is 0.234 e. The zero-order valence-corrected chi connectivity index (χ0v) is 11.6. The highest BCUT2D eigenvalue weighted by Crippen LogP contribution is 2.25. The van der Waals surface area contributed by atoms with Crippen LogP contribution in [0.15, 0.2) is 12.4 Å². The van der Waals surface area contributed by atoms with Crippen molar-refractivity contribution in [3.63, 3.8) is 0 Å². The van der Waals surface area contributed by atoms with E-state index in [1.165, 1.54) is 0 Å². The first kappa shape index (κ1) is 13.5. The molecule has 20 heavy (non-hydrogen) atoms. The third kappa shape index (κ3) is 2.70. The van der Waals surface area contributed by atoms with Crippen LogP contribution in [0.1, 0.15) is 0 Å². The average molecular weight is 280 g/mol. The zero-order chi connectivity index (χ0) is 13.9. The monoisotopic (exact) mass is 280 g/mol. The Bertz CT molecular complexity index is 459. The van der Waals surface area contributed by atoms with Crippen molar-refractivity contribution in [2.24, 2.45) is 0 Å². The number of likely N-dealkylation sites (N-methyl/N-ethyl adjacent to an activating group) is 1. The largest absolute Gasteiger partial charge is 0.474 e. The SMILES string of the molecule is CN1CCO[C@@H]2CN(c3cncc(OCCO)n3)C[C@@H]21. The fraction of sp³-hybridized carbons (Fsp3) is 0.692. The number of ether oxygens (including phenoxy) is 2. The zero-order valence-electron chi connectivity index (χ0n) is 11.6. The first-order chi connectivity index (χ1) is 9.78. The van der Waals surface area contributed by atoms with E-state index in [1.54, 1.807) is 12.4 Å². The molecule has 110 valence electrons. The highest BCUT2D eigenvalue weighted by Gasteiger charge is 2.39. The summed E-state index contributed by atoms with van der Waals surface area (Å²) in [6.45, 7) is 3.68. The molecule has 1 aromatic rings. The molecular formula is C13H20N4O3. The lowest BCUT2D eigenvalue weighted by atomic mass is 10.1. The second-order valence-corrected chi connectivity index (χ2v) is 5.15. The molecule has 1 aromatic heterocycles. The van der Waals surface area contributed by atoms with Crippen molar-refractivity contribution in [2.75, 3.05) is 51.4 Å².